The van der Waals surface area contributed by atoms with Crippen LogP contribution in [0.1, 0.15) is 38.4 Å². The van der Waals surface area contributed by atoms with Crippen LogP contribution in [0.5, 0.6) is 0 Å². The summed E-state index contributed by atoms with van der Waals surface area (Å²) in [4.78, 5) is 22.3. The van der Waals surface area contributed by atoms with E-state index in [1.54, 1.807) is 18.6 Å². The fourth-order valence-corrected chi connectivity index (χ4v) is 2.18. The highest BCUT2D eigenvalue weighted by molar-refractivity contribution is 5.78. The summed E-state index contributed by atoms with van der Waals surface area (Å²) >= 11 is 0. The molecule has 1 aliphatic heterocycles. The van der Waals surface area contributed by atoms with E-state index < -0.39 is 0 Å². The van der Waals surface area contributed by atoms with Crippen molar-refractivity contribution in [2.45, 2.75) is 38.8 Å². The molecule has 0 radical (unpaired) electrons. The molecule has 0 spiro atoms. The summed E-state index contributed by atoms with van der Waals surface area (Å²) in [6, 6.07) is 0.0574. The highest BCUT2D eigenvalue weighted by atomic mass is 16.5. The largest absolute Gasteiger partial charge is 0.369 e. The topological polar surface area (TPSA) is 55.3 Å². The zero-order chi connectivity index (χ0) is 13.0. The number of rotatable bonds is 4. The number of hydrogen-bond acceptors (Lipinski definition) is 4. The lowest BCUT2D eigenvalue weighted by atomic mass is 10.1. The van der Waals surface area contributed by atoms with Gasteiger partial charge in [-0.1, -0.05) is 0 Å². The minimum atomic E-state index is 0.0388. The van der Waals surface area contributed by atoms with Gasteiger partial charge in [-0.05, 0) is 26.7 Å². The third-order valence-electron chi connectivity index (χ3n) is 3.04. The van der Waals surface area contributed by atoms with E-state index in [2.05, 4.69) is 9.97 Å². The summed E-state index contributed by atoms with van der Waals surface area (Å²) in [5, 5.41) is 0. The van der Waals surface area contributed by atoms with Crippen LogP contribution in [0.15, 0.2) is 18.6 Å². The summed E-state index contributed by atoms with van der Waals surface area (Å²) in [6.45, 7) is 4.78. The van der Waals surface area contributed by atoms with Crippen LogP contribution >= 0.6 is 0 Å². The Labute approximate surface area is 107 Å². The monoisotopic (exact) mass is 249 g/mol. The van der Waals surface area contributed by atoms with Gasteiger partial charge in [0, 0.05) is 18.9 Å². The van der Waals surface area contributed by atoms with Gasteiger partial charge in [0.2, 0.25) is 5.91 Å². The first-order valence-corrected chi connectivity index (χ1v) is 6.35. The predicted octanol–water partition coefficient (Wildman–Crippen LogP) is 1.57. The first kappa shape index (κ1) is 13.0. The van der Waals surface area contributed by atoms with Crippen LogP contribution in [0.25, 0.3) is 0 Å². The molecule has 1 amide bonds. The molecule has 1 aliphatic rings. The Kier molecular flexibility index (Phi) is 4.25. The molecule has 1 fully saturated rings. The van der Waals surface area contributed by atoms with E-state index in [0.29, 0.717) is 0 Å². The van der Waals surface area contributed by atoms with Gasteiger partial charge < -0.3 is 9.64 Å². The second-order valence-electron chi connectivity index (χ2n) is 4.74. The molecule has 5 heteroatoms. The molecule has 1 atom stereocenters. The van der Waals surface area contributed by atoms with E-state index in [9.17, 15) is 4.79 Å². The van der Waals surface area contributed by atoms with Gasteiger partial charge >= 0.3 is 0 Å². The minimum absolute atomic E-state index is 0.0388. The molecule has 2 heterocycles. The van der Waals surface area contributed by atoms with Gasteiger partial charge in [0.25, 0.3) is 0 Å². The molecule has 98 valence electrons. The van der Waals surface area contributed by atoms with Gasteiger partial charge in [0.15, 0.2) is 0 Å². The van der Waals surface area contributed by atoms with E-state index in [4.69, 9.17) is 4.74 Å². The van der Waals surface area contributed by atoms with Gasteiger partial charge in [-0.2, -0.15) is 0 Å². The van der Waals surface area contributed by atoms with Crippen LogP contribution in [0.2, 0.25) is 0 Å². The van der Waals surface area contributed by atoms with Gasteiger partial charge in [-0.3, -0.25) is 14.8 Å². The van der Waals surface area contributed by atoms with Crippen LogP contribution in [0, 0.1) is 0 Å². The predicted molar refractivity (Wildman–Crippen MR) is 66.8 cm³/mol. The summed E-state index contributed by atoms with van der Waals surface area (Å²) in [5.74, 6) is 0.0388. The number of carbonyl (C=O) groups is 1. The lowest BCUT2D eigenvalue weighted by molar-refractivity contribution is -0.138. The summed E-state index contributed by atoms with van der Waals surface area (Å²) < 4.78 is 5.37. The Morgan fingerprint density at radius 2 is 2.39 bits per heavy atom. The average molecular weight is 249 g/mol. The lowest BCUT2D eigenvalue weighted by Crippen LogP contribution is -2.34. The Morgan fingerprint density at radius 1 is 1.56 bits per heavy atom. The number of ether oxygens (including phenoxy) is 1. The number of aromatic nitrogens is 2. The fourth-order valence-electron chi connectivity index (χ4n) is 2.18. The Morgan fingerprint density at radius 3 is 3.06 bits per heavy atom. The molecule has 0 aromatic carbocycles. The van der Waals surface area contributed by atoms with Gasteiger partial charge in [-0.15, -0.1) is 0 Å². The van der Waals surface area contributed by atoms with Crippen molar-refractivity contribution in [2.75, 3.05) is 13.2 Å². The third-order valence-corrected chi connectivity index (χ3v) is 3.04. The molecule has 0 N–H and O–H groups in total. The smallest absolute Gasteiger partial charge is 0.249 e. The highest BCUT2D eigenvalue weighted by Crippen LogP contribution is 2.30. The lowest BCUT2D eigenvalue weighted by Gasteiger charge is -2.24. The van der Waals surface area contributed by atoms with Crippen LogP contribution in [0.4, 0.5) is 0 Å². The van der Waals surface area contributed by atoms with Crippen molar-refractivity contribution in [3.8, 4) is 0 Å². The standard InChI is InChI=1S/C13H19N3O2/c1-10(2)18-9-13(17)16-7-3-4-12(16)11-8-14-5-6-15-11/h5-6,8,10,12H,3-4,7,9H2,1-2H3/t12-/m1/s1. The summed E-state index contributed by atoms with van der Waals surface area (Å²) in [6.07, 6.45) is 7.08. The maximum Gasteiger partial charge on any atom is 0.249 e. The molecule has 1 saturated heterocycles. The van der Waals surface area contributed by atoms with Crippen molar-refractivity contribution >= 4 is 5.91 Å². The molecule has 18 heavy (non-hydrogen) atoms. The van der Waals surface area contributed by atoms with E-state index in [0.717, 1.165) is 25.1 Å². The minimum Gasteiger partial charge on any atom is -0.369 e. The fraction of sp³-hybridized carbons (Fsp3) is 0.615. The van der Waals surface area contributed by atoms with Gasteiger partial charge in [0.05, 0.1) is 24.0 Å². The molecular formula is C13H19N3O2. The quantitative estimate of drug-likeness (QED) is 0.812. The van der Waals surface area contributed by atoms with E-state index in [1.807, 2.05) is 18.7 Å². The van der Waals surface area contributed by atoms with Crippen molar-refractivity contribution < 1.29 is 9.53 Å². The maximum atomic E-state index is 12.1. The molecule has 0 unspecified atom stereocenters. The molecule has 1 aromatic heterocycles. The Bertz CT molecular complexity index is 394. The number of amides is 1. The summed E-state index contributed by atoms with van der Waals surface area (Å²) in [5.41, 5.74) is 0.868. The van der Waals surface area contributed by atoms with Crippen molar-refractivity contribution in [3.63, 3.8) is 0 Å². The van der Waals surface area contributed by atoms with Crippen molar-refractivity contribution in [3.05, 3.63) is 24.3 Å². The van der Waals surface area contributed by atoms with E-state index in [1.165, 1.54) is 0 Å². The molecule has 0 aliphatic carbocycles. The maximum absolute atomic E-state index is 12.1. The molecule has 1 aromatic rings. The second kappa shape index (κ2) is 5.91. The number of carbonyl (C=O) groups excluding carboxylic acids is 1. The highest BCUT2D eigenvalue weighted by Gasteiger charge is 2.30. The van der Waals surface area contributed by atoms with Crippen molar-refractivity contribution in [1.82, 2.24) is 14.9 Å². The van der Waals surface area contributed by atoms with Crippen LogP contribution in [-0.4, -0.2) is 40.0 Å². The molecule has 5 nitrogen and oxygen atoms in total. The Hall–Kier alpha value is -1.49. The van der Waals surface area contributed by atoms with Crippen LogP contribution in [0.3, 0.4) is 0 Å². The first-order chi connectivity index (χ1) is 8.68. The van der Waals surface area contributed by atoms with Crippen molar-refractivity contribution in [2.24, 2.45) is 0 Å². The number of hydrogen-bond donors (Lipinski definition) is 0. The second-order valence-corrected chi connectivity index (χ2v) is 4.74. The van der Waals surface area contributed by atoms with Crippen LogP contribution in [-0.2, 0) is 9.53 Å². The van der Waals surface area contributed by atoms with Gasteiger partial charge in [-0.25, -0.2) is 0 Å². The van der Waals surface area contributed by atoms with Crippen molar-refractivity contribution in [1.29, 1.82) is 0 Å². The SMILES string of the molecule is CC(C)OCC(=O)N1CCC[C@@H]1c1cnccn1. The number of nitrogens with zero attached hydrogens (tertiary/aromatic N) is 3. The average Bonchev–Trinajstić information content (AvgIpc) is 2.86. The molecule has 2 rings (SSSR count). The first-order valence-electron chi connectivity index (χ1n) is 6.35. The molecule has 0 bridgehead atoms. The van der Waals surface area contributed by atoms with Crippen LogP contribution < -0.4 is 0 Å². The Balaban J connectivity index is 2.01. The number of likely N-dealkylation sites (tertiary alicyclic amines) is 1. The van der Waals surface area contributed by atoms with E-state index >= 15 is 0 Å². The van der Waals surface area contributed by atoms with E-state index in [-0.39, 0.29) is 24.7 Å². The molecule has 0 saturated carbocycles. The normalized spacial score (nSPS) is 19.5. The third kappa shape index (κ3) is 3.04. The zero-order valence-corrected chi connectivity index (χ0v) is 10.9. The summed E-state index contributed by atoms with van der Waals surface area (Å²) in [7, 11) is 0. The van der Waals surface area contributed by atoms with Gasteiger partial charge in [0.1, 0.15) is 6.61 Å². The molecular weight excluding hydrogens is 230 g/mol. The zero-order valence-electron chi connectivity index (χ0n) is 10.9.